The third kappa shape index (κ3) is 5.30. The van der Waals surface area contributed by atoms with E-state index in [0.717, 1.165) is 18.4 Å². The number of piperidine rings is 1. The summed E-state index contributed by atoms with van der Waals surface area (Å²) in [4.78, 5) is 12.9. The van der Waals surface area contributed by atoms with Gasteiger partial charge in [-0.15, -0.1) is 0 Å². The van der Waals surface area contributed by atoms with E-state index in [0.29, 0.717) is 19.5 Å². The predicted molar refractivity (Wildman–Crippen MR) is 105 cm³/mol. The molecular formula is C20H32N2O3S. The van der Waals surface area contributed by atoms with Crippen LogP contribution in [0, 0.1) is 11.3 Å². The van der Waals surface area contributed by atoms with Crippen molar-refractivity contribution >= 4 is 15.9 Å². The average molecular weight is 381 g/mol. The summed E-state index contributed by atoms with van der Waals surface area (Å²) in [6.07, 6.45) is 2.05. The van der Waals surface area contributed by atoms with E-state index in [9.17, 15) is 13.2 Å². The van der Waals surface area contributed by atoms with Gasteiger partial charge in [-0.1, -0.05) is 58.0 Å². The van der Waals surface area contributed by atoms with E-state index in [1.54, 1.807) is 0 Å². The van der Waals surface area contributed by atoms with Crippen molar-refractivity contribution in [2.45, 2.75) is 53.0 Å². The minimum Gasteiger partial charge on any atom is -0.348 e. The molecule has 0 bridgehead atoms. The van der Waals surface area contributed by atoms with Crippen LogP contribution in [0.2, 0.25) is 0 Å². The zero-order valence-corrected chi connectivity index (χ0v) is 17.2. The quantitative estimate of drug-likeness (QED) is 0.823. The number of benzene rings is 1. The van der Waals surface area contributed by atoms with Crippen molar-refractivity contribution < 1.29 is 13.2 Å². The Morgan fingerprint density at radius 1 is 1.27 bits per heavy atom. The van der Waals surface area contributed by atoms with E-state index in [2.05, 4.69) is 26.1 Å². The lowest BCUT2D eigenvalue weighted by molar-refractivity contribution is -0.127. The van der Waals surface area contributed by atoms with Gasteiger partial charge in [-0.05, 0) is 30.2 Å². The highest BCUT2D eigenvalue weighted by molar-refractivity contribution is 7.89. The van der Waals surface area contributed by atoms with Gasteiger partial charge in [0, 0.05) is 13.1 Å². The van der Waals surface area contributed by atoms with Gasteiger partial charge in [0.25, 0.3) is 0 Å². The third-order valence-corrected chi connectivity index (χ3v) is 6.94. The van der Waals surface area contributed by atoms with Crippen LogP contribution in [0.15, 0.2) is 30.3 Å². The second-order valence-corrected chi connectivity index (χ2v) is 10.3. The summed E-state index contributed by atoms with van der Waals surface area (Å²) >= 11 is 0. The highest BCUT2D eigenvalue weighted by atomic mass is 32.2. The Balaban J connectivity index is 2.12. The lowest BCUT2D eigenvalue weighted by Gasteiger charge is -2.35. The van der Waals surface area contributed by atoms with Crippen molar-refractivity contribution in [1.29, 1.82) is 0 Å². The topological polar surface area (TPSA) is 66.5 Å². The van der Waals surface area contributed by atoms with Crippen molar-refractivity contribution in [2.24, 2.45) is 11.3 Å². The summed E-state index contributed by atoms with van der Waals surface area (Å²) in [6.45, 7) is 8.98. The van der Waals surface area contributed by atoms with Gasteiger partial charge >= 0.3 is 0 Å². The van der Waals surface area contributed by atoms with Crippen LogP contribution in [0.3, 0.4) is 0 Å². The molecule has 0 aromatic heterocycles. The van der Waals surface area contributed by atoms with Gasteiger partial charge < -0.3 is 5.32 Å². The van der Waals surface area contributed by atoms with Gasteiger partial charge in [-0.25, -0.2) is 12.7 Å². The second-order valence-electron chi connectivity index (χ2n) is 8.23. The van der Waals surface area contributed by atoms with Crippen molar-refractivity contribution in [2.75, 3.05) is 18.8 Å². The maximum absolute atomic E-state index is 12.9. The predicted octanol–water partition coefficient (Wildman–Crippen LogP) is 3.34. The number of nitrogens with zero attached hydrogens (tertiary/aromatic N) is 1. The zero-order chi connectivity index (χ0) is 19.4. The van der Waals surface area contributed by atoms with E-state index in [1.807, 2.05) is 37.3 Å². The second kappa shape index (κ2) is 8.53. The SMILES string of the molecule is CCCS(=O)(=O)N1CCCC(C(=O)NC(c2ccccc2)C(C)(C)C)C1. The van der Waals surface area contributed by atoms with Crippen LogP contribution in [-0.2, 0) is 14.8 Å². The van der Waals surface area contributed by atoms with Crippen LogP contribution in [0.5, 0.6) is 0 Å². The molecule has 1 aliphatic heterocycles. The molecule has 5 nitrogen and oxygen atoms in total. The van der Waals surface area contributed by atoms with Crippen molar-refractivity contribution in [1.82, 2.24) is 9.62 Å². The Morgan fingerprint density at radius 3 is 2.50 bits per heavy atom. The molecule has 2 atom stereocenters. The van der Waals surface area contributed by atoms with E-state index in [4.69, 9.17) is 0 Å². The molecule has 26 heavy (non-hydrogen) atoms. The average Bonchev–Trinajstić information content (AvgIpc) is 2.59. The summed E-state index contributed by atoms with van der Waals surface area (Å²) in [5, 5.41) is 3.19. The maximum Gasteiger partial charge on any atom is 0.224 e. The molecule has 2 rings (SSSR count). The first-order chi connectivity index (χ1) is 12.1. The van der Waals surface area contributed by atoms with Gasteiger partial charge in [0.2, 0.25) is 15.9 Å². The van der Waals surface area contributed by atoms with Gasteiger partial charge in [-0.2, -0.15) is 0 Å². The van der Waals surface area contributed by atoms with Crippen molar-refractivity contribution in [3.8, 4) is 0 Å². The van der Waals surface area contributed by atoms with Crippen molar-refractivity contribution in [3.63, 3.8) is 0 Å². The van der Waals surface area contributed by atoms with Gasteiger partial charge in [0.15, 0.2) is 0 Å². The Labute approximate surface area is 158 Å². The van der Waals surface area contributed by atoms with Crippen LogP contribution >= 0.6 is 0 Å². The van der Waals surface area contributed by atoms with Gasteiger partial charge in [-0.3, -0.25) is 4.79 Å². The first kappa shape index (κ1) is 20.9. The number of nitrogens with one attached hydrogen (secondary N) is 1. The fourth-order valence-corrected chi connectivity index (χ4v) is 5.09. The monoisotopic (exact) mass is 380 g/mol. The molecule has 1 aromatic rings. The van der Waals surface area contributed by atoms with Crippen LogP contribution in [0.4, 0.5) is 0 Å². The van der Waals surface area contributed by atoms with E-state index < -0.39 is 10.0 Å². The first-order valence-corrected chi connectivity index (χ1v) is 11.1. The molecular weight excluding hydrogens is 348 g/mol. The highest BCUT2D eigenvalue weighted by Gasteiger charge is 2.34. The number of amides is 1. The number of carbonyl (C=O) groups excluding carboxylic acids is 1. The summed E-state index contributed by atoms with van der Waals surface area (Å²) < 4.78 is 26.2. The number of hydrogen-bond acceptors (Lipinski definition) is 3. The molecule has 1 fully saturated rings. The molecule has 6 heteroatoms. The van der Waals surface area contributed by atoms with Crippen LogP contribution in [0.1, 0.15) is 58.6 Å². The Bertz CT molecular complexity index is 696. The zero-order valence-electron chi connectivity index (χ0n) is 16.4. The smallest absolute Gasteiger partial charge is 0.224 e. The van der Waals surface area contributed by atoms with E-state index in [-0.39, 0.29) is 29.0 Å². The number of carbonyl (C=O) groups is 1. The molecule has 1 aliphatic rings. The van der Waals surface area contributed by atoms with Crippen LogP contribution < -0.4 is 5.32 Å². The van der Waals surface area contributed by atoms with Crippen LogP contribution in [-0.4, -0.2) is 37.5 Å². The summed E-state index contributed by atoms with van der Waals surface area (Å²) in [7, 11) is -3.26. The molecule has 2 unspecified atom stereocenters. The molecule has 1 saturated heterocycles. The van der Waals surface area contributed by atoms with E-state index >= 15 is 0 Å². The first-order valence-electron chi connectivity index (χ1n) is 9.48. The lowest BCUT2D eigenvalue weighted by atomic mass is 9.82. The Kier molecular flexibility index (Phi) is 6.86. The number of rotatable bonds is 6. The standard InChI is InChI=1S/C20H32N2O3S/c1-5-14-26(24,25)22-13-9-12-17(15-22)19(23)21-18(20(2,3)4)16-10-7-6-8-11-16/h6-8,10-11,17-18H,5,9,12-15H2,1-4H3,(H,21,23). The molecule has 0 saturated carbocycles. The number of sulfonamides is 1. The van der Waals surface area contributed by atoms with E-state index in [1.165, 1.54) is 4.31 Å². The molecule has 0 aliphatic carbocycles. The molecule has 0 radical (unpaired) electrons. The largest absolute Gasteiger partial charge is 0.348 e. The summed E-state index contributed by atoms with van der Waals surface area (Å²) in [5.41, 5.74) is 0.930. The number of hydrogen-bond donors (Lipinski definition) is 1. The third-order valence-electron chi connectivity index (χ3n) is 4.90. The Hall–Kier alpha value is -1.40. The molecule has 1 aromatic carbocycles. The van der Waals surface area contributed by atoms with Crippen LogP contribution in [0.25, 0.3) is 0 Å². The molecule has 1 N–H and O–H groups in total. The minimum absolute atomic E-state index is 0.0508. The fourth-order valence-electron chi connectivity index (χ4n) is 3.50. The minimum atomic E-state index is -3.26. The highest BCUT2D eigenvalue weighted by Crippen LogP contribution is 2.33. The normalized spacial score (nSPS) is 20.5. The Morgan fingerprint density at radius 2 is 1.92 bits per heavy atom. The summed E-state index contributed by atoms with van der Waals surface area (Å²) in [6, 6.07) is 9.84. The molecule has 146 valence electrons. The van der Waals surface area contributed by atoms with Crippen molar-refractivity contribution in [3.05, 3.63) is 35.9 Å². The molecule has 1 amide bonds. The summed E-state index contributed by atoms with van der Waals surface area (Å²) in [5.74, 6) is -0.190. The maximum atomic E-state index is 12.9. The molecule has 1 heterocycles. The van der Waals surface area contributed by atoms with Gasteiger partial charge in [0.1, 0.15) is 0 Å². The lowest BCUT2D eigenvalue weighted by Crippen LogP contribution is -2.48. The fraction of sp³-hybridized carbons (Fsp3) is 0.650. The molecule has 0 spiro atoms. The van der Waals surface area contributed by atoms with Gasteiger partial charge in [0.05, 0.1) is 17.7 Å².